The first-order valence-corrected chi connectivity index (χ1v) is 9.89. The maximum absolute atomic E-state index is 13.0. The van der Waals surface area contributed by atoms with Crippen molar-refractivity contribution < 1.29 is 24.2 Å². The Morgan fingerprint density at radius 3 is 2.33 bits per heavy atom. The largest absolute Gasteiger partial charge is 0.480 e. The highest BCUT2D eigenvalue weighted by molar-refractivity contribution is 5.99. The van der Waals surface area contributed by atoms with Gasteiger partial charge in [0.1, 0.15) is 18.5 Å². The maximum Gasteiger partial charge on any atom is 0.329 e. The summed E-state index contributed by atoms with van der Waals surface area (Å²) in [6, 6.07) is 5.57. The zero-order valence-electron chi connectivity index (χ0n) is 16.8. The number of nitrogens with one attached hydrogen (secondary N) is 2. The Morgan fingerprint density at radius 1 is 1.20 bits per heavy atom. The second-order valence-corrected chi connectivity index (χ2v) is 7.18. The molecule has 1 saturated heterocycles. The van der Waals surface area contributed by atoms with E-state index in [1.807, 2.05) is 0 Å². The van der Waals surface area contributed by atoms with Gasteiger partial charge in [0.15, 0.2) is 0 Å². The van der Waals surface area contributed by atoms with E-state index >= 15 is 0 Å². The lowest BCUT2D eigenvalue weighted by molar-refractivity contribution is -0.147. The molecule has 164 valence electrons. The van der Waals surface area contributed by atoms with E-state index in [2.05, 4.69) is 5.32 Å². The normalized spacial score (nSPS) is 15.4. The summed E-state index contributed by atoms with van der Waals surface area (Å²) in [7, 11) is 0. The van der Waals surface area contributed by atoms with Gasteiger partial charge in [-0.1, -0.05) is 12.1 Å². The molecule has 1 aromatic rings. The SMILES string of the molecule is N=C(N)c1ccc(C(=O)N[C@@H](CCCN)C(=O)N2CCC(OCC(=O)O)CC2)cc1. The van der Waals surface area contributed by atoms with Crippen LogP contribution in [0.3, 0.4) is 0 Å². The highest BCUT2D eigenvalue weighted by Crippen LogP contribution is 2.16. The Balaban J connectivity index is 1.97. The van der Waals surface area contributed by atoms with Crippen molar-refractivity contribution in [3.05, 3.63) is 35.4 Å². The molecular weight excluding hydrogens is 390 g/mol. The van der Waals surface area contributed by atoms with Crippen LogP contribution in [0.5, 0.6) is 0 Å². The molecule has 1 aromatic carbocycles. The number of nitrogens with two attached hydrogens (primary N) is 2. The number of hydrogen-bond donors (Lipinski definition) is 5. The van der Waals surface area contributed by atoms with Gasteiger partial charge in [-0.15, -0.1) is 0 Å². The van der Waals surface area contributed by atoms with Crippen molar-refractivity contribution in [2.45, 2.75) is 37.8 Å². The number of carboxylic acids is 1. The van der Waals surface area contributed by atoms with Gasteiger partial charge in [-0.05, 0) is 44.4 Å². The van der Waals surface area contributed by atoms with Crippen molar-refractivity contribution in [3.63, 3.8) is 0 Å². The minimum Gasteiger partial charge on any atom is -0.480 e. The predicted molar refractivity (Wildman–Crippen MR) is 110 cm³/mol. The molecule has 0 spiro atoms. The van der Waals surface area contributed by atoms with E-state index in [4.69, 9.17) is 26.7 Å². The standard InChI is InChI=1S/C20H29N5O5/c21-9-1-2-16(24-19(28)14-5-3-13(4-6-14)18(22)23)20(29)25-10-7-15(8-11-25)30-12-17(26)27/h3-6,15-16H,1-2,7-12,21H2,(H3,22,23)(H,24,28)(H,26,27)/t16-/m0/s1. The van der Waals surface area contributed by atoms with E-state index < -0.39 is 12.0 Å². The van der Waals surface area contributed by atoms with Crippen molar-refractivity contribution in [2.24, 2.45) is 11.5 Å². The number of amides is 2. The smallest absolute Gasteiger partial charge is 0.329 e. The summed E-state index contributed by atoms with van der Waals surface area (Å²) < 4.78 is 5.30. The van der Waals surface area contributed by atoms with Gasteiger partial charge in [-0.3, -0.25) is 15.0 Å². The van der Waals surface area contributed by atoms with E-state index in [-0.39, 0.29) is 30.4 Å². The van der Waals surface area contributed by atoms with Crippen LogP contribution in [0, 0.1) is 5.41 Å². The van der Waals surface area contributed by atoms with Gasteiger partial charge in [0, 0.05) is 24.2 Å². The number of ether oxygens (including phenoxy) is 1. The van der Waals surface area contributed by atoms with Crippen molar-refractivity contribution in [1.82, 2.24) is 10.2 Å². The molecule has 1 aliphatic heterocycles. The number of amidine groups is 1. The molecule has 1 atom stereocenters. The summed E-state index contributed by atoms with van der Waals surface area (Å²) in [4.78, 5) is 37.9. The fourth-order valence-corrected chi connectivity index (χ4v) is 3.27. The number of piperidine rings is 1. The van der Waals surface area contributed by atoms with Crippen LogP contribution < -0.4 is 16.8 Å². The van der Waals surface area contributed by atoms with Gasteiger partial charge in [-0.2, -0.15) is 0 Å². The van der Waals surface area contributed by atoms with Crippen LogP contribution in [0.15, 0.2) is 24.3 Å². The highest BCUT2D eigenvalue weighted by atomic mass is 16.5. The third-order valence-electron chi connectivity index (χ3n) is 4.95. The fourth-order valence-electron chi connectivity index (χ4n) is 3.27. The molecule has 0 bridgehead atoms. The van der Waals surface area contributed by atoms with Gasteiger partial charge < -0.3 is 31.5 Å². The first-order valence-electron chi connectivity index (χ1n) is 9.89. The third kappa shape index (κ3) is 6.82. The van der Waals surface area contributed by atoms with E-state index in [9.17, 15) is 14.4 Å². The Bertz CT molecular complexity index is 759. The Hall–Kier alpha value is -2.98. The number of carbonyl (C=O) groups excluding carboxylic acids is 2. The average Bonchev–Trinajstić information content (AvgIpc) is 2.75. The van der Waals surface area contributed by atoms with E-state index in [1.165, 1.54) is 0 Å². The zero-order chi connectivity index (χ0) is 22.1. The molecule has 0 saturated carbocycles. The molecule has 7 N–H and O–H groups in total. The molecule has 0 unspecified atom stereocenters. The lowest BCUT2D eigenvalue weighted by Crippen LogP contribution is -2.51. The Morgan fingerprint density at radius 2 is 1.80 bits per heavy atom. The number of aliphatic carboxylic acids is 1. The van der Waals surface area contributed by atoms with E-state index in [1.54, 1.807) is 29.2 Å². The number of rotatable bonds is 10. The van der Waals surface area contributed by atoms with Crippen molar-refractivity contribution in [1.29, 1.82) is 5.41 Å². The molecule has 2 rings (SSSR count). The van der Waals surface area contributed by atoms with Crippen LogP contribution in [-0.4, -0.2) is 72.0 Å². The molecule has 10 nitrogen and oxygen atoms in total. The number of nitrogen functional groups attached to an aromatic ring is 1. The molecular formula is C20H29N5O5. The maximum atomic E-state index is 13.0. The number of hydrogen-bond acceptors (Lipinski definition) is 6. The van der Waals surface area contributed by atoms with Gasteiger partial charge >= 0.3 is 5.97 Å². The number of nitrogens with zero attached hydrogens (tertiary/aromatic N) is 1. The first kappa shape index (κ1) is 23.3. The second kappa shape index (κ2) is 11.3. The van der Waals surface area contributed by atoms with Crippen molar-refractivity contribution >= 4 is 23.6 Å². The van der Waals surface area contributed by atoms with Crippen molar-refractivity contribution in [2.75, 3.05) is 26.2 Å². The van der Waals surface area contributed by atoms with Gasteiger partial charge in [0.25, 0.3) is 5.91 Å². The zero-order valence-corrected chi connectivity index (χ0v) is 16.8. The Labute approximate surface area is 175 Å². The summed E-state index contributed by atoms with van der Waals surface area (Å²) in [5.41, 5.74) is 11.9. The topological polar surface area (TPSA) is 172 Å². The summed E-state index contributed by atoms with van der Waals surface area (Å²) in [5, 5.41) is 18.9. The molecule has 1 fully saturated rings. The molecule has 2 amide bonds. The quantitative estimate of drug-likeness (QED) is 0.260. The number of carbonyl (C=O) groups is 3. The second-order valence-electron chi connectivity index (χ2n) is 7.18. The van der Waals surface area contributed by atoms with Crippen LogP contribution >= 0.6 is 0 Å². The molecule has 10 heteroatoms. The lowest BCUT2D eigenvalue weighted by atomic mass is 10.0. The summed E-state index contributed by atoms with van der Waals surface area (Å²) >= 11 is 0. The molecule has 0 aliphatic carbocycles. The minimum atomic E-state index is -1.02. The van der Waals surface area contributed by atoms with Crippen LogP contribution in [0.2, 0.25) is 0 Å². The lowest BCUT2D eigenvalue weighted by Gasteiger charge is -2.34. The van der Waals surface area contributed by atoms with Crippen molar-refractivity contribution in [3.8, 4) is 0 Å². The Kier molecular flexibility index (Phi) is 8.75. The van der Waals surface area contributed by atoms with Crippen LogP contribution in [-0.2, 0) is 14.3 Å². The molecule has 0 aromatic heterocycles. The molecule has 1 heterocycles. The summed E-state index contributed by atoms with van der Waals surface area (Å²) in [6.07, 6.45) is 1.90. The average molecular weight is 419 g/mol. The molecule has 0 radical (unpaired) electrons. The van der Waals surface area contributed by atoms with Crippen LogP contribution in [0.25, 0.3) is 0 Å². The van der Waals surface area contributed by atoms with Gasteiger partial charge in [0.2, 0.25) is 5.91 Å². The van der Waals surface area contributed by atoms with E-state index in [0.29, 0.717) is 56.4 Å². The van der Waals surface area contributed by atoms with Gasteiger partial charge in [0.05, 0.1) is 6.10 Å². The first-order chi connectivity index (χ1) is 14.3. The minimum absolute atomic E-state index is 0.0892. The van der Waals surface area contributed by atoms with Gasteiger partial charge in [-0.25, -0.2) is 4.79 Å². The molecule has 30 heavy (non-hydrogen) atoms. The monoisotopic (exact) mass is 419 g/mol. The van der Waals surface area contributed by atoms with Crippen LogP contribution in [0.1, 0.15) is 41.6 Å². The predicted octanol–water partition coefficient (Wildman–Crippen LogP) is -0.0998. The highest BCUT2D eigenvalue weighted by Gasteiger charge is 2.29. The molecule has 1 aliphatic rings. The summed E-state index contributed by atoms with van der Waals surface area (Å²) in [5.74, 6) is -1.68. The van der Waals surface area contributed by atoms with E-state index in [0.717, 1.165) is 0 Å². The number of carboxylic acid groups (broad SMARTS) is 1. The summed E-state index contributed by atoms with van der Waals surface area (Å²) in [6.45, 7) is 0.922. The number of likely N-dealkylation sites (tertiary alicyclic amines) is 1. The third-order valence-corrected chi connectivity index (χ3v) is 4.95. The fraction of sp³-hybridized carbons (Fsp3) is 0.500. The van der Waals surface area contributed by atoms with Crippen LogP contribution in [0.4, 0.5) is 0 Å². The number of benzene rings is 1.